The van der Waals surface area contributed by atoms with E-state index in [4.69, 9.17) is 0 Å². The lowest BCUT2D eigenvalue weighted by atomic mass is 10.3. The Kier molecular flexibility index (Phi) is 3.17. The highest BCUT2D eigenvalue weighted by Crippen LogP contribution is 2.18. The Morgan fingerprint density at radius 2 is 2.55 bits per heavy atom. The molecule has 0 unspecified atom stereocenters. The van der Waals surface area contributed by atoms with Gasteiger partial charge in [-0.1, -0.05) is 12.1 Å². The summed E-state index contributed by atoms with van der Waals surface area (Å²) in [6.07, 6.45) is 3.71. The fourth-order valence-corrected chi connectivity index (χ4v) is 1.47. The van der Waals surface area contributed by atoms with Crippen LogP contribution in [-0.4, -0.2) is 10.7 Å². The molecule has 58 valence electrons. The van der Waals surface area contributed by atoms with E-state index in [1.165, 1.54) is 5.56 Å². The van der Waals surface area contributed by atoms with Crippen LogP contribution in [0.15, 0.2) is 36.0 Å². The van der Waals surface area contributed by atoms with Gasteiger partial charge in [0.15, 0.2) is 0 Å². The van der Waals surface area contributed by atoms with Gasteiger partial charge in [-0.25, -0.2) is 4.98 Å². The van der Waals surface area contributed by atoms with Crippen molar-refractivity contribution in [1.82, 2.24) is 4.98 Å². The van der Waals surface area contributed by atoms with Gasteiger partial charge in [-0.05, 0) is 18.6 Å². The molecule has 1 aromatic heterocycles. The molecular formula is C9H11NS. The maximum atomic E-state index is 4.23. The van der Waals surface area contributed by atoms with Crippen molar-refractivity contribution in [2.75, 3.05) is 5.75 Å². The highest BCUT2D eigenvalue weighted by atomic mass is 32.2. The molecule has 0 fully saturated rings. The number of aryl methyl sites for hydroxylation is 1. The molecule has 1 aromatic rings. The topological polar surface area (TPSA) is 12.9 Å². The van der Waals surface area contributed by atoms with Crippen molar-refractivity contribution in [3.05, 3.63) is 36.5 Å². The number of pyridine rings is 1. The summed E-state index contributed by atoms with van der Waals surface area (Å²) >= 11 is 1.72. The van der Waals surface area contributed by atoms with E-state index in [1.54, 1.807) is 11.8 Å². The summed E-state index contributed by atoms with van der Waals surface area (Å²) < 4.78 is 0. The molecule has 11 heavy (non-hydrogen) atoms. The minimum atomic E-state index is 0.928. The molecule has 0 aromatic carbocycles. The third kappa shape index (κ3) is 2.39. The molecule has 0 spiro atoms. The highest BCUT2D eigenvalue weighted by Gasteiger charge is 1.95. The SMILES string of the molecule is C=CCSc1ncccc1C. The Morgan fingerprint density at radius 3 is 3.18 bits per heavy atom. The van der Waals surface area contributed by atoms with Gasteiger partial charge in [0.2, 0.25) is 0 Å². The molecule has 1 heterocycles. The summed E-state index contributed by atoms with van der Waals surface area (Å²) in [6, 6.07) is 4.02. The van der Waals surface area contributed by atoms with Crippen LogP contribution >= 0.6 is 11.8 Å². The van der Waals surface area contributed by atoms with Crippen LogP contribution in [0.4, 0.5) is 0 Å². The Labute approximate surface area is 71.5 Å². The zero-order valence-electron chi connectivity index (χ0n) is 6.58. The second-order valence-corrected chi connectivity index (χ2v) is 3.23. The van der Waals surface area contributed by atoms with E-state index in [1.807, 2.05) is 18.3 Å². The molecule has 0 aliphatic rings. The number of hydrogen-bond acceptors (Lipinski definition) is 2. The Bertz CT molecular complexity index is 245. The molecule has 0 radical (unpaired) electrons. The van der Waals surface area contributed by atoms with Crippen molar-refractivity contribution in [2.24, 2.45) is 0 Å². The fraction of sp³-hybridized carbons (Fsp3) is 0.222. The summed E-state index contributed by atoms with van der Waals surface area (Å²) in [7, 11) is 0. The van der Waals surface area contributed by atoms with Gasteiger partial charge in [0, 0.05) is 11.9 Å². The first-order valence-corrected chi connectivity index (χ1v) is 4.48. The molecular weight excluding hydrogens is 154 g/mol. The van der Waals surface area contributed by atoms with Crippen LogP contribution in [0.25, 0.3) is 0 Å². The summed E-state index contributed by atoms with van der Waals surface area (Å²) in [5, 5.41) is 1.10. The first-order chi connectivity index (χ1) is 5.34. The van der Waals surface area contributed by atoms with E-state index in [-0.39, 0.29) is 0 Å². The van der Waals surface area contributed by atoms with E-state index in [0.717, 1.165) is 10.8 Å². The van der Waals surface area contributed by atoms with E-state index in [2.05, 4.69) is 24.6 Å². The third-order valence-electron chi connectivity index (χ3n) is 1.30. The molecule has 1 nitrogen and oxygen atoms in total. The van der Waals surface area contributed by atoms with Crippen molar-refractivity contribution < 1.29 is 0 Å². The smallest absolute Gasteiger partial charge is 0.0992 e. The monoisotopic (exact) mass is 165 g/mol. The lowest BCUT2D eigenvalue weighted by molar-refractivity contribution is 1.08. The van der Waals surface area contributed by atoms with E-state index in [9.17, 15) is 0 Å². The van der Waals surface area contributed by atoms with Crippen LogP contribution in [0.1, 0.15) is 5.56 Å². The lowest BCUT2D eigenvalue weighted by Gasteiger charge is -1.99. The van der Waals surface area contributed by atoms with Crippen molar-refractivity contribution in [3.63, 3.8) is 0 Å². The van der Waals surface area contributed by atoms with Gasteiger partial charge in [-0.2, -0.15) is 0 Å². The van der Waals surface area contributed by atoms with Gasteiger partial charge in [0.1, 0.15) is 0 Å². The van der Waals surface area contributed by atoms with Crippen LogP contribution in [0.5, 0.6) is 0 Å². The molecule has 0 bridgehead atoms. The molecule has 0 saturated heterocycles. The average molecular weight is 165 g/mol. The largest absolute Gasteiger partial charge is 0.250 e. The first kappa shape index (κ1) is 8.34. The molecule has 1 rings (SSSR count). The van der Waals surface area contributed by atoms with Crippen LogP contribution < -0.4 is 0 Å². The van der Waals surface area contributed by atoms with E-state index >= 15 is 0 Å². The molecule has 0 aliphatic heterocycles. The first-order valence-electron chi connectivity index (χ1n) is 3.50. The maximum absolute atomic E-state index is 4.23. The van der Waals surface area contributed by atoms with Crippen molar-refractivity contribution in [1.29, 1.82) is 0 Å². The van der Waals surface area contributed by atoms with Crippen molar-refractivity contribution in [3.8, 4) is 0 Å². The Hall–Kier alpha value is -0.760. The summed E-state index contributed by atoms with van der Waals surface area (Å²) in [5.41, 5.74) is 1.24. The normalized spacial score (nSPS) is 9.55. The van der Waals surface area contributed by atoms with E-state index < -0.39 is 0 Å². The van der Waals surface area contributed by atoms with Gasteiger partial charge in [-0.3, -0.25) is 0 Å². The summed E-state index contributed by atoms with van der Waals surface area (Å²) in [6.45, 7) is 5.72. The standard InChI is InChI=1S/C9H11NS/c1-3-7-11-9-8(2)5-4-6-10-9/h3-6H,1,7H2,2H3. The summed E-state index contributed by atoms with van der Waals surface area (Å²) in [4.78, 5) is 4.23. The van der Waals surface area contributed by atoms with Gasteiger partial charge < -0.3 is 0 Å². The Morgan fingerprint density at radius 1 is 1.73 bits per heavy atom. The molecule has 2 heteroatoms. The second-order valence-electron chi connectivity index (χ2n) is 2.23. The molecule has 0 atom stereocenters. The fourth-order valence-electron chi connectivity index (χ4n) is 0.760. The van der Waals surface area contributed by atoms with Gasteiger partial charge in [0.25, 0.3) is 0 Å². The predicted octanol–water partition coefficient (Wildman–Crippen LogP) is 2.67. The quantitative estimate of drug-likeness (QED) is 0.504. The number of aromatic nitrogens is 1. The number of hydrogen-bond donors (Lipinski definition) is 0. The van der Waals surface area contributed by atoms with Crippen LogP contribution in [0, 0.1) is 6.92 Å². The van der Waals surface area contributed by atoms with Gasteiger partial charge >= 0.3 is 0 Å². The molecule has 0 saturated carbocycles. The highest BCUT2D eigenvalue weighted by molar-refractivity contribution is 7.99. The number of thioether (sulfide) groups is 1. The van der Waals surface area contributed by atoms with Crippen LogP contribution in [0.2, 0.25) is 0 Å². The van der Waals surface area contributed by atoms with Gasteiger partial charge in [-0.15, -0.1) is 18.3 Å². The minimum absolute atomic E-state index is 0.928. The Balaban J connectivity index is 2.69. The van der Waals surface area contributed by atoms with Crippen LogP contribution in [-0.2, 0) is 0 Å². The van der Waals surface area contributed by atoms with Crippen molar-refractivity contribution in [2.45, 2.75) is 11.9 Å². The molecule has 0 N–H and O–H groups in total. The zero-order chi connectivity index (χ0) is 8.10. The number of rotatable bonds is 3. The minimum Gasteiger partial charge on any atom is -0.250 e. The van der Waals surface area contributed by atoms with E-state index in [0.29, 0.717) is 0 Å². The second kappa shape index (κ2) is 4.19. The number of nitrogens with zero attached hydrogens (tertiary/aromatic N) is 1. The predicted molar refractivity (Wildman–Crippen MR) is 49.9 cm³/mol. The van der Waals surface area contributed by atoms with Crippen molar-refractivity contribution >= 4 is 11.8 Å². The molecule has 0 aliphatic carbocycles. The lowest BCUT2D eigenvalue weighted by Crippen LogP contribution is -1.83. The maximum Gasteiger partial charge on any atom is 0.0992 e. The molecule has 0 amide bonds. The third-order valence-corrected chi connectivity index (χ3v) is 2.40. The average Bonchev–Trinajstić information content (AvgIpc) is 2.03. The zero-order valence-corrected chi connectivity index (χ0v) is 7.40. The summed E-state index contributed by atoms with van der Waals surface area (Å²) in [5.74, 6) is 0.928. The van der Waals surface area contributed by atoms with Gasteiger partial charge in [0.05, 0.1) is 5.03 Å². The van der Waals surface area contributed by atoms with Crippen LogP contribution in [0.3, 0.4) is 0 Å².